The van der Waals surface area contributed by atoms with Gasteiger partial charge in [-0.05, 0) is 32.6 Å². The van der Waals surface area contributed by atoms with Crippen molar-refractivity contribution in [2.45, 2.75) is 51.8 Å². The zero-order chi connectivity index (χ0) is 13.9. The van der Waals surface area contributed by atoms with Gasteiger partial charge in [-0.2, -0.15) is 0 Å². The average molecular weight is 258 g/mol. The van der Waals surface area contributed by atoms with Gasteiger partial charge in [0.2, 0.25) is 0 Å². The van der Waals surface area contributed by atoms with Gasteiger partial charge in [0.15, 0.2) is 6.04 Å². The molecule has 2 unspecified atom stereocenters. The SMILES string of the molecule is CC1CCN(C(=O)N[C@H](C(=O)O)[C@@H](C)O)C(C)C1. The first-order valence-electron chi connectivity index (χ1n) is 6.31. The molecule has 4 atom stereocenters. The number of carbonyl (C=O) groups is 2. The first-order chi connectivity index (χ1) is 8.32. The number of aliphatic hydroxyl groups is 1. The number of carbonyl (C=O) groups excluding carboxylic acids is 1. The highest BCUT2D eigenvalue weighted by atomic mass is 16.4. The van der Waals surface area contributed by atoms with Crippen LogP contribution in [0.15, 0.2) is 0 Å². The summed E-state index contributed by atoms with van der Waals surface area (Å²) in [4.78, 5) is 24.5. The van der Waals surface area contributed by atoms with E-state index in [4.69, 9.17) is 5.11 Å². The Balaban J connectivity index is 2.61. The molecular formula is C12H22N2O4. The molecule has 0 aromatic carbocycles. The van der Waals surface area contributed by atoms with E-state index in [-0.39, 0.29) is 6.04 Å². The van der Waals surface area contributed by atoms with Crippen molar-refractivity contribution < 1.29 is 19.8 Å². The van der Waals surface area contributed by atoms with Crippen LogP contribution in [0.4, 0.5) is 4.79 Å². The van der Waals surface area contributed by atoms with Gasteiger partial charge in [-0.1, -0.05) is 6.92 Å². The molecule has 0 bridgehead atoms. The number of nitrogens with zero attached hydrogens (tertiary/aromatic N) is 1. The van der Waals surface area contributed by atoms with E-state index < -0.39 is 24.1 Å². The van der Waals surface area contributed by atoms with E-state index >= 15 is 0 Å². The predicted molar refractivity (Wildman–Crippen MR) is 66.2 cm³/mol. The van der Waals surface area contributed by atoms with Crippen LogP contribution in [0.3, 0.4) is 0 Å². The Morgan fingerprint density at radius 1 is 1.39 bits per heavy atom. The smallest absolute Gasteiger partial charge is 0.328 e. The molecule has 0 radical (unpaired) electrons. The Labute approximate surface area is 107 Å². The lowest BCUT2D eigenvalue weighted by atomic mass is 9.94. The lowest BCUT2D eigenvalue weighted by Gasteiger charge is -2.37. The second kappa shape index (κ2) is 6.04. The van der Waals surface area contributed by atoms with E-state index in [1.807, 2.05) is 6.92 Å². The number of hydrogen-bond donors (Lipinski definition) is 3. The fraction of sp³-hybridized carbons (Fsp3) is 0.833. The van der Waals surface area contributed by atoms with Crippen LogP contribution in [-0.2, 0) is 4.79 Å². The molecule has 1 heterocycles. The standard InChI is InChI=1S/C12H22N2O4/c1-7-4-5-14(8(2)6-7)12(18)13-10(9(3)15)11(16)17/h7-10,15H,4-6H2,1-3H3,(H,13,18)(H,16,17)/t7?,8?,9-,10+/m1/s1. The van der Waals surface area contributed by atoms with E-state index in [1.165, 1.54) is 6.92 Å². The van der Waals surface area contributed by atoms with Gasteiger partial charge in [0.1, 0.15) is 0 Å². The number of carboxylic acid groups (broad SMARTS) is 1. The summed E-state index contributed by atoms with van der Waals surface area (Å²) in [7, 11) is 0. The minimum absolute atomic E-state index is 0.0946. The fourth-order valence-corrected chi connectivity index (χ4v) is 2.31. The van der Waals surface area contributed by atoms with E-state index in [1.54, 1.807) is 4.90 Å². The molecule has 1 rings (SSSR count). The minimum atomic E-state index is -1.26. The maximum Gasteiger partial charge on any atom is 0.328 e. The maximum absolute atomic E-state index is 12.0. The quantitative estimate of drug-likeness (QED) is 0.693. The summed E-state index contributed by atoms with van der Waals surface area (Å²) >= 11 is 0. The first-order valence-corrected chi connectivity index (χ1v) is 6.31. The van der Waals surface area contributed by atoms with Gasteiger partial charge in [0, 0.05) is 12.6 Å². The fourth-order valence-electron chi connectivity index (χ4n) is 2.31. The van der Waals surface area contributed by atoms with Crippen LogP contribution in [0.5, 0.6) is 0 Å². The van der Waals surface area contributed by atoms with Crippen LogP contribution >= 0.6 is 0 Å². The Morgan fingerprint density at radius 3 is 2.44 bits per heavy atom. The number of aliphatic hydroxyl groups excluding tert-OH is 1. The summed E-state index contributed by atoms with van der Waals surface area (Å²) in [5.74, 6) is -0.646. The number of amides is 2. The highest BCUT2D eigenvalue weighted by Crippen LogP contribution is 2.22. The normalized spacial score (nSPS) is 27.4. The van der Waals surface area contributed by atoms with E-state index in [0.717, 1.165) is 12.8 Å². The van der Waals surface area contributed by atoms with Crippen molar-refractivity contribution in [3.05, 3.63) is 0 Å². The van der Waals surface area contributed by atoms with Crippen molar-refractivity contribution >= 4 is 12.0 Å². The molecule has 1 aliphatic heterocycles. The zero-order valence-corrected chi connectivity index (χ0v) is 11.1. The molecule has 2 amide bonds. The summed E-state index contributed by atoms with van der Waals surface area (Å²) in [6, 6.07) is -1.58. The minimum Gasteiger partial charge on any atom is -0.480 e. The third kappa shape index (κ3) is 3.60. The highest BCUT2D eigenvalue weighted by Gasteiger charge is 2.31. The van der Waals surface area contributed by atoms with Crippen molar-refractivity contribution in [3.63, 3.8) is 0 Å². The molecule has 104 valence electrons. The molecule has 6 heteroatoms. The van der Waals surface area contributed by atoms with Crippen molar-refractivity contribution in [1.29, 1.82) is 0 Å². The molecule has 0 spiro atoms. The second-order valence-electron chi connectivity index (χ2n) is 5.18. The highest BCUT2D eigenvalue weighted by molar-refractivity contribution is 5.83. The van der Waals surface area contributed by atoms with Gasteiger partial charge in [0.05, 0.1) is 6.10 Å². The molecular weight excluding hydrogens is 236 g/mol. The van der Waals surface area contributed by atoms with Crippen LogP contribution in [-0.4, -0.2) is 51.8 Å². The number of hydrogen-bond acceptors (Lipinski definition) is 3. The second-order valence-corrected chi connectivity index (χ2v) is 5.18. The molecule has 3 N–H and O–H groups in total. The topological polar surface area (TPSA) is 89.9 Å². The number of aliphatic carboxylic acids is 1. The summed E-state index contributed by atoms with van der Waals surface area (Å²) in [6.07, 6.45) is 0.717. The number of likely N-dealkylation sites (tertiary alicyclic amines) is 1. The lowest BCUT2D eigenvalue weighted by Crippen LogP contribution is -2.55. The van der Waals surface area contributed by atoms with Crippen LogP contribution in [0.1, 0.15) is 33.6 Å². The van der Waals surface area contributed by atoms with Gasteiger partial charge < -0.3 is 20.4 Å². The molecule has 0 aromatic rings. The van der Waals surface area contributed by atoms with Crippen LogP contribution in [0.25, 0.3) is 0 Å². The van der Waals surface area contributed by atoms with Crippen molar-refractivity contribution in [3.8, 4) is 0 Å². The molecule has 0 aliphatic carbocycles. The molecule has 0 aromatic heterocycles. The van der Waals surface area contributed by atoms with E-state index in [2.05, 4.69) is 12.2 Å². The summed E-state index contributed by atoms with van der Waals surface area (Å²) in [6.45, 7) is 6.07. The molecule has 1 saturated heterocycles. The Bertz CT molecular complexity index is 319. The third-order valence-corrected chi connectivity index (χ3v) is 3.43. The summed E-state index contributed by atoms with van der Waals surface area (Å²) < 4.78 is 0. The number of piperidine rings is 1. The third-order valence-electron chi connectivity index (χ3n) is 3.43. The van der Waals surface area contributed by atoms with E-state index in [0.29, 0.717) is 12.5 Å². The van der Waals surface area contributed by atoms with Crippen LogP contribution in [0.2, 0.25) is 0 Å². The summed E-state index contributed by atoms with van der Waals surface area (Å²) in [5, 5.41) is 20.6. The maximum atomic E-state index is 12.0. The van der Waals surface area contributed by atoms with Crippen LogP contribution in [0, 0.1) is 5.92 Å². The molecule has 1 fully saturated rings. The Morgan fingerprint density at radius 2 is 2.00 bits per heavy atom. The lowest BCUT2D eigenvalue weighted by molar-refractivity contribution is -0.141. The first kappa shape index (κ1) is 14.8. The molecule has 18 heavy (non-hydrogen) atoms. The van der Waals surface area contributed by atoms with E-state index in [9.17, 15) is 14.7 Å². The van der Waals surface area contributed by atoms with Gasteiger partial charge in [-0.3, -0.25) is 0 Å². The van der Waals surface area contributed by atoms with Crippen molar-refractivity contribution in [1.82, 2.24) is 10.2 Å². The van der Waals surface area contributed by atoms with Gasteiger partial charge in [-0.15, -0.1) is 0 Å². The Kier molecular flexibility index (Phi) is 4.95. The van der Waals surface area contributed by atoms with Crippen molar-refractivity contribution in [2.24, 2.45) is 5.92 Å². The number of carboxylic acids is 1. The number of nitrogens with one attached hydrogen (secondary N) is 1. The predicted octanol–water partition coefficient (Wildman–Crippen LogP) is 0.650. The average Bonchev–Trinajstić information content (AvgIpc) is 2.24. The number of rotatable bonds is 3. The molecule has 6 nitrogen and oxygen atoms in total. The molecule has 1 aliphatic rings. The van der Waals surface area contributed by atoms with Gasteiger partial charge in [-0.25, -0.2) is 9.59 Å². The van der Waals surface area contributed by atoms with Crippen LogP contribution < -0.4 is 5.32 Å². The largest absolute Gasteiger partial charge is 0.480 e. The summed E-state index contributed by atoms with van der Waals surface area (Å²) in [5.41, 5.74) is 0. The monoisotopic (exact) mass is 258 g/mol. The molecule has 0 saturated carbocycles. The number of urea groups is 1. The van der Waals surface area contributed by atoms with Crippen molar-refractivity contribution in [2.75, 3.05) is 6.54 Å². The zero-order valence-electron chi connectivity index (χ0n) is 11.1. The Hall–Kier alpha value is -1.30. The van der Waals surface area contributed by atoms with Gasteiger partial charge >= 0.3 is 12.0 Å². The van der Waals surface area contributed by atoms with Gasteiger partial charge in [0.25, 0.3) is 0 Å².